The van der Waals surface area contributed by atoms with Crippen molar-refractivity contribution in [1.29, 1.82) is 0 Å². The van der Waals surface area contributed by atoms with Gasteiger partial charge in [-0.15, -0.1) is 0 Å². The van der Waals surface area contributed by atoms with Gasteiger partial charge in [0.25, 0.3) is 5.91 Å². The van der Waals surface area contributed by atoms with Gasteiger partial charge < -0.3 is 15.5 Å². The van der Waals surface area contributed by atoms with Crippen molar-refractivity contribution in [3.63, 3.8) is 0 Å². The standard InChI is InChI=1S/C15H21NO3/c17-10-11-6-8-13(9-7-11)16-15(19)14(18)12-4-2-1-3-5-12/h1-5,11,13-14,17-18H,6-10H2,(H,16,19)/t11?,13?,14-/m0/s1. The van der Waals surface area contributed by atoms with E-state index in [0.717, 1.165) is 25.7 Å². The Hall–Kier alpha value is -1.39. The van der Waals surface area contributed by atoms with Crippen LogP contribution in [0.5, 0.6) is 0 Å². The van der Waals surface area contributed by atoms with Crippen LogP contribution >= 0.6 is 0 Å². The highest BCUT2D eigenvalue weighted by Crippen LogP contribution is 2.24. The number of aliphatic hydroxyl groups excluding tert-OH is 2. The smallest absolute Gasteiger partial charge is 0.253 e. The molecule has 1 aliphatic rings. The largest absolute Gasteiger partial charge is 0.396 e. The number of benzene rings is 1. The molecule has 0 saturated heterocycles. The molecule has 0 radical (unpaired) electrons. The minimum atomic E-state index is -1.10. The third kappa shape index (κ3) is 3.78. The van der Waals surface area contributed by atoms with Crippen LogP contribution in [0.25, 0.3) is 0 Å². The second kappa shape index (κ2) is 6.68. The Morgan fingerprint density at radius 1 is 1.21 bits per heavy atom. The Morgan fingerprint density at radius 3 is 2.42 bits per heavy atom. The molecule has 1 aromatic carbocycles. The molecule has 19 heavy (non-hydrogen) atoms. The molecule has 0 aromatic heterocycles. The van der Waals surface area contributed by atoms with Crippen molar-refractivity contribution in [2.45, 2.75) is 37.8 Å². The van der Waals surface area contributed by atoms with Crippen molar-refractivity contribution in [3.05, 3.63) is 35.9 Å². The number of rotatable bonds is 4. The fourth-order valence-electron chi connectivity index (χ4n) is 2.56. The molecule has 104 valence electrons. The number of aliphatic hydroxyl groups is 2. The maximum absolute atomic E-state index is 12.0. The maximum Gasteiger partial charge on any atom is 0.253 e. The number of hydrogen-bond acceptors (Lipinski definition) is 3. The van der Waals surface area contributed by atoms with Crippen LogP contribution in [-0.2, 0) is 4.79 Å². The molecular weight excluding hydrogens is 242 g/mol. The lowest BCUT2D eigenvalue weighted by molar-refractivity contribution is -0.130. The van der Waals surface area contributed by atoms with Gasteiger partial charge in [0.05, 0.1) is 0 Å². The van der Waals surface area contributed by atoms with Crippen molar-refractivity contribution in [2.24, 2.45) is 5.92 Å². The van der Waals surface area contributed by atoms with Crippen molar-refractivity contribution in [3.8, 4) is 0 Å². The molecule has 1 atom stereocenters. The van der Waals surface area contributed by atoms with Crippen molar-refractivity contribution >= 4 is 5.91 Å². The highest BCUT2D eigenvalue weighted by Gasteiger charge is 2.24. The summed E-state index contributed by atoms with van der Waals surface area (Å²) >= 11 is 0. The summed E-state index contributed by atoms with van der Waals surface area (Å²) in [5.41, 5.74) is 0.615. The lowest BCUT2D eigenvalue weighted by Crippen LogP contribution is -2.40. The van der Waals surface area contributed by atoms with Crippen LogP contribution in [-0.4, -0.2) is 28.8 Å². The Morgan fingerprint density at radius 2 is 1.84 bits per heavy atom. The summed E-state index contributed by atoms with van der Waals surface area (Å²) in [6, 6.07) is 9.06. The van der Waals surface area contributed by atoms with E-state index in [0.29, 0.717) is 11.5 Å². The highest BCUT2D eigenvalue weighted by molar-refractivity contribution is 5.82. The highest BCUT2D eigenvalue weighted by atomic mass is 16.3. The Balaban J connectivity index is 1.85. The van der Waals surface area contributed by atoms with E-state index in [2.05, 4.69) is 5.32 Å². The first-order valence-corrected chi connectivity index (χ1v) is 6.85. The van der Waals surface area contributed by atoms with Gasteiger partial charge in [-0.2, -0.15) is 0 Å². The fourth-order valence-corrected chi connectivity index (χ4v) is 2.56. The summed E-state index contributed by atoms with van der Waals surface area (Å²) in [6.07, 6.45) is 2.51. The molecular formula is C15H21NO3. The van der Waals surface area contributed by atoms with Crippen LogP contribution in [0.1, 0.15) is 37.4 Å². The number of hydrogen-bond donors (Lipinski definition) is 3. The summed E-state index contributed by atoms with van der Waals surface area (Å²) in [6.45, 7) is 0.229. The summed E-state index contributed by atoms with van der Waals surface area (Å²) in [5.74, 6) is 0.0332. The zero-order valence-corrected chi connectivity index (χ0v) is 11.0. The quantitative estimate of drug-likeness (QED) is 0.769. The Kier molecular flexibility index (Phi) is 4.93. The first-order chi connectivity index (χ1) is 9.20. The summed E-state index contributed by atoms with van der Waals surface area (Å²) < 4.78 is 0. The zero-order chi connectivity index (χ0) is 13.7. The molecule has 0 spiro atoms. The minimum Gasteiger partial charge on any atom is -0.396 e. The van der Waals surface area contributed by atoms with Gasteiger partial charge in [-0.05, 0) is 37.2 Å². The van der Waals surface area contributed by atoms with Gasteiger partial charge in [-0.3, -0.25) is 4.79 Å². The first-order valence-electron chi connectivity index (χ1n) is 6.85. The fraction of sp³-hybridized carbons (Fsp3) is 0.533. The van der Waals surface area contributed by atoms with E-state index in [1.54, 1.807) is 24.3 Å². The molecule has 0 unspecified atom stereocenters. The summed E-state index contributed by atoms with van der Waals surface area (Å²) in [7, 11) is 0. The summed E-state index contributed by atoms with van der Waals surface area (Å²) in [5, 5.41) is 21.9. The van der Waals surface area contributed by atoms with Gasteiger partial charge in [0, 0.05) is 12.6 Å². The molecule has 1 aromatic rings. The average Bonchev–Trinajstić information content (AvgIpc) is 2.48. The van der Waals surface area contributed by atoms with Crippen LogP contribution in [0.4, 0.5) is 0 Å². The van der Waals surface area contributed by atoms with Crippen LogP contribution < -0.4 is 5.32 Å². The van der Waals surface area contributed by atoms with E-state index >= 15 is 0 Å². The molecule has 1 amide bonds. The normalized spacial score (nSPS) is 24.7. The van der Waals surface area contributed by atoms with Gasteiger partial charge in [-0.25, -0.2) is 0 Å². The Bertz CT molecular complexity index is 399. The van der Waals surface area contributed by atoms with Gasteiger partial charge in [0.15, 0.2) is 6.10 Å². The van der Waals surface area contributed by atoms with Crippen LogP contribution in [0.3, 0.4) is 0 Å². The zero-order valence-electron chi connectivity index (χ0n) is 11.0. The predicted molar refractivity (Wildman–Crippen MR) is 72.4 cm³/mol. The lowest BCUT2D eigenvalue weighted by atomic mass is 9.86. The van der Waals surface area contributed by atoms with Crippen molar-refractivity contribution in [2.75, 3.05) is 6.61 Å². The van der Waals surface area contributed by atoms with E-state index < -0.39 is 6.10 Å². The molecule has 1 fully saturated rings. The molecule has 1 saturated carbocycles. The third-order valence-electron chi connectivity index (χ3n) is 3.81. The van der Waals surface area contributed by atoms with Gasteiger partial charge >= 0.3 is 0 Å². The second-order valence-corrected chi connectivity index (χ2v) is 5.22. The van der Waals surface area contributed by atoms with Crippen molar-refractivity contribution in [1.82, 2.24) is 5.32 Å². The van der Waals surface area contributed by atoms with Gasteiger partial charge in [0.2, 0.25) is 0 Å². The average molecular weight is 263 g/mol. The summed E-state index contributed by atoms with van der Waals surface area (Å²) in [4.78, 5) is 12.0. The monoisotopic (exact) mass is 263 g/mol. The number of carbonyl (C=O) groups is 1. The third-order valence-corrected chi connectivity index (χ3v) is 3.81. The molecule has 0 bridgehead atoms. The lowest BCUT2D eigenvalue weighted by Gasteiger charge is -2.28. The molecule has 2 rings (SSSR count). The SMILES string of the molecule is O=C(NC1CCC(CO)CC1)[C@@H](O)c1ccccc1. The van der Waals surface area contributed by atoms with E-state index in [4.69, 9.17) is 5.11 Å². The maximum atomic E-state index is 12.0. The number of carbonyl (C=O) groups excluding carboxylic acids is 1. The second-order valence-electron chi connectivity index (χ2n) is 5.22. The van der Waals surface area contributed by atoms with Crippen LogP contribution in [0.2, 0.25) is 0 Å². The molecule has 1 aliphatic carbocycles. The Labute approximate surface area is 113 Å². The van der Waals surface area contributed by atoms with Crippen LogP contribution in [0.15, 0.2) is 30.3 Å². The van der Waals surface area contributed by atoms with E-state index in [1.807, 2.05) is 6.07 Å². The van der Waals surface area contributed by atoms with Crippen LogP contribution in [0, 0.1) is 5.92 Å². The minimum absolute atomic E-state index is 0.119. The molecule has 0 aliphatic heterocycles. The first kappa shape index (κ1) is 14.0. The van der Waals surface area contributed by atoms with Crippen molar-refractivity contribution < 1.29 is 15.0 Å². The predicted octanol–water partition coefficient (Wildman–Crippen LogP) is 1.39. The van der Waals surface area contributed by atoms with E-state index in [-0.39, 0.29) is 18.6 Å². The topological polar surface area (TPSA) is 69.6 Å². The van der Waals surface area contributed by atoms with Gasteiger partial charge in [0.1, 0.15) is 0 Å². The molecule has 0 heterocycles. The van der Waals surface area contributed by atoms with E-state index in [1.165, 1.54) is 0 Å². The number of nitrogens with one attached hydrogen (secondary N) is 1. The number of amides is 1. The van der Waals surface area contributed by atoms with Gasteiger partial charge in [-0.1, -0.05) is 30.3 Å². The van der Waals surface area contributed by atoms with E-state index in [9.17, 15) is 9.90 Å². The molecule has 4 nitrogen and oxygen atoms in total. The molecule has 4 heteroatoms. The molecule has 3 N–H and O–H groups in total.